The molecule has 2 aromatic heterocycles. The Morgan fingerprint density at radius 1 is 1.26 bits per heavy atom. The predicted molar refractivity (Wildman–Crippen MR) is 131 cm³/mol. The van der Waals surface area contributed by atoms with Crippen LogP contribution in [0.15, 0.2) is 45.6 Å². The van der Waals surface area contributed by atoms with Crippen molar-refractivity contribution in [2.45, 2.75) is 51.8 Å². The molecule has 3 unspecified atom stereocenters. The third kappa shape index (κ3) is 5.17. The van der Waals surface area contributed by atoms with Crippen molar-refractivity contribution in [3.63, 3.8) is 0 Å². The van der Waals surface area contributed by atoms with Gasteiger partial charge in [-0.05, 0) is 46.6 Å². The fourth-order valence-electron chi connectivity index (χ4n) is 4.31. The van der Waals surface area contributed by atoms with Crippen LogP contribution in [0.2, 0.25) is 0 Å². The quantitative estimate of drug-likeness (QED) is 0.413. The van der Waals surface area contributed by atoms with Gasteiger partial charge in [0.15, 0.2) is 5.76 Å². The SMILES string of the molecule is Cc1nocc1-c1ccc(CNC(=O)C2CC(O)CN2C(=O)C(c2cc(I)no2)C(C)C)cc1. The number of rotatable bonds is 7. The van der Waals surface area contributed by atoms with Crippen LogP contribution < -0.4 is 5.32 Å². The summed E-state index contributed by atoms with van der Waals surface area (Å²) < 4.78 is 11.0. The third-order valence-electron chi connectivity index (χ3n) is 6.09. The second-order valence-corrected chi connectivity index (χ2v) is 10.0. The van der Waals surface area contributed by atoms with E-state index in [1.807, 2.05) is 67.6 Å². The Labute approximate surface area is 211 Å². The van der Waals surface area contributed by atoms with Gasteiger partial charge in [0.1, 0.15) is 21.9 Å². The molecule has 1 fully saturated rings. The first-order chi connectivity index (χ1) is 16.2. The smallest absolute Gasteiger partial charge is 0.243 e. The maximum absolute atomic E-state index is 13.4. The van der Waals surface area contributed by atoms with Gasteiger partial charge in [0.05, 0.1) is 11.8 Å². The lowest BCUT2D eigenvalue weighted by Crippen LogP contribution is -2.48. The van der Waals surface area contributed by atoms with Gasteiger partial charge in [-0.3, -0.25) is 9.59 Å². The van der Waals surface area contributed by atoms with Gasteiger partial charge in [-0.25, -0.2) is 0 Å². The highest BCUT2D eigenvalue weighted by molar-refractivity contribution is 14.1. The van der Waals surface area contributed by atoms with Crippen LogP contribution in [0.1, 0.15) is 43.2 Å². The number of carbonyl (C=O) groups is 2. The summed E-state index contributed by atoms with van der Waals surface area (Å²) in [6.45, 7) is 6.14. The minimum absolute atomic E-state index is 0.0646. The lowest BCUT2D eigenvalue weighted by molar-refractivity contribution is -0.141. The zero-order chi connectivity index (χ0) is 24.4. The van der Waals surface area contributed by atoms with E-state index in [0.717, 1.165) is 22.4 Å². The first kappa shape index (κ1) is 24.4. The predicted octanol–water partition coefficient (Wildman–Crippen LogP) is 3.26. The third-order valence-corrected chi connectivity index (χ3v) is 6.59. The van der Waals surface area contributed by atoms with Crippen molar-refractivity contribution in [2.75, 3.05) is 6.54 Å². The molecule has 1 aliphatic rings. The number of halogens is 1. The zero-order valence-electron chi connectivity index (χ0n) is 19.2. The topological polar surface area (TPSA) is 122 Å². The second-order valence-electron chi connectivity index (χ2n) is 8.90. The first-order valence-electron chi connectivity index (χ1n) is 11.1. The second kappa shape index (κ2) is 10.3. The van der Waals surface area contributed by atoms with E-state index in [-0.39, 0.29) is 30.7 Å². The van der Waals surface area contributed by atoms with Crippen LogP contribution in [0, 0.1) is 16.5 Å². The number of carbonyl (C=O) groups excluding carboxylic acids is 2. The van der Waals surface area contributed by atoms with Gasteiger partial charge in [-0.2, -0.15) is 0 Å². The van der Waals surface area contributed by atoms with Gasteiger partial charge in [0.2, 0.25) is 11.8 Å². The molecule has 2 N–H and O–H groups in total. The maximum Gasteiger partial charge on any atom is 0.243 e. The van der Waals surface area contributed by atoms with E-state index < -0.39 is 18.1 Å². The lowest BCUT2D eigenvalue weighted by Gasteiger charge is -2.28. The Morgan fingerprint density at radius 2 is 2.00 bits per heavy atom. The molecule has 180 valence electrons. The van der Waals surface area contributed by atoms with Gasteiger partial charge in [-0.15, -0.1) is 0 Å². The summed E-state index contributed by atoms with van der Waals surface area (Å²) in [7, 11) is 0. The maximum atomic E-state index is 13.4. The van der Waals surface area contributed by atoms with Crippen molar-refractivity contribution >= 4 is 34.4 Å². The van der Waals surface area contributed by atoms with Crippen LogP contribution in [-0.2, 0) is 16.1 Å². The van der Waals surface area contributed by atoms with E-state index in [9.17, 15) is 14.7 Å². The highest BCUT2D eigenvalue weighted by Crippen LogP contribution is 2.31. The average Bonchev–Trinajstić information content (AvgIpc) is 3.52. The Kier molecular flexibility index (Phi) is 7.36. The normalized spacial score (nSPS) is 18.9. The number of nitrogens with zero attached hydrogens (tertiary/aromatic N) is 3. The molecule has 0 bridgehead atoms. The Morgan fingerprint density at radius 3 is 2.59 bits per heavy atom. The Hall–Kier alpha value is -2.73. The first-order valence-corrected chi connectivity index (χ1v) is 12.2. The van der Waals surface area contributed by atoms with Crippen LogP contribution in [0.4, 0.5) is 0 Å². The van der Waals surface area contributed by atoms with Gasteiger partial charge < -0.3 is 24.4 Å². The zero-order valence-corrected chi connectivity index (χ0v) is 21.4. The fraction of sp³-hybridized carbons (Fsp3) is 0.417. The van der Waals surface area contributed by atoms with Gasteiger partial charge >= 0.3 is 0 Å². The molecule has 0 spiro atoms. The van der Waals surface area contributed by atoms with E-state index in [0.29, 0.717) is 16.0 Å². The molecule has 0 aliphatic carbocycles. The number of nitrogens with one attached hydrogen (secondary N) is 1. The summed E-state index contributed by atoms with van der Waals surface area (Å²) in [4.78, 5) is 27.9. The number of likely N-dealkylation sites (tertiary alicyclic amines) is 1. The summed E-state index contributed by atoms with van der Waals surface area (Å²) in [5, 5.41) is 21.0. The molecule has 3 heterocycles. The van der Waals surface area contributed by atoms with Crippen LogP contribution in [0.5, 0.6) is 0 Å². The summed E-state index contributed by atoms with van der Waals surface area (Å²) >= 11 is 2.03. The van der Waals surface area contributed by atoms with E-state index in [1.54, 1.807) is 12.3 Å². The Balaban J connectivity index is 1.43. The number of amides is 2. The molecule has 9 nitrogen and oxygen atoms in total. The average molecular weight is 578 g/mol. The van der Waals surface area contributed by atoms with Crippen molar-refractivity contribution in [1.29, 1.82) is 0 Å². The summed E-state index contributed by atoms with van der Waals surface area (Å²) in [5.74, 6) is -0.713. The molecule has 34 heavy (non-hydrogen) atoms. The molecule has 0 saturated carbocycles. The number of aryl methyl sites for hydroxylation is 1. The van der Waals surface area contributed by atoms with Crippen molar-refractivity contribution in [3.05, 3.63) is 57.3 Å². The highest BCUT2D eigenvalue weighted by atomic mass is 127. The van der Waals surface area contributed by atoms with E-state index in [1.165, 1.54) is 4.90 Å². The van der Waals surface area contributed by atoms with E-state index in [4.69, 9.17) is 9.05 Å². The molecule has 3 atom stereocenters. The molecule has 4 rings (SSSR count). The largest absolute Gasteiger partial charge is 0.391 e. The minimum atomic E-state index is -0.756. The summed E-state index contributed by atoms with van der Waals surface area (Å²) in [6, 6.07) is 8.73. The molecule has 3 aromatic rings. The number of hydrogen-bond donors (Lipinski definition) is 2. The molecule has 10 heteroatoms. The van der Waals surface area contributed by atoms with E-state index in [2.05, 4.69) is 15.6 Å². The van der Waals surface area contributed by atoms with Crippen molar-refractivity contribution in [1.82, 2.24) is 20.5 Å². The standard InChI is InChI=1S/C24H27IN4O5/c1-13(2)22(20-9-21(25)28-34-20)24(32)29-11-17(30)8-19(29)23(31)26-10-15-4-6-16(7-5-15)18-12-33-27-14(18)3/h4-7,9,12-13,17,19,22,30H,8,10-11H2,1-3H3,(H,26,31). The number of aromatic nitrogens is 2. The monoisotopic (exact) mass is 578 g/mol. The summed E-state index contributed by atoms with van der Waals surface area (Å²) in [5.41, 5.74) is 3.63. The number of benzene rings is 1. The molecule has 1 aromatic carbocycles. The van der Waals surface area contributed by atoms with E-state index >= 15 is 0 Å². The number of aliphatic hydroxyl groups excluding tert-OH is 1. The lowest BCUT2D eigenvalue weighted by atomic mass is 9.91. The fourth-order valence-corrected chi connectivity index (χ4v) is 4.72. The van der Waals surface area contributed by atoms with Gasteiger partial charge in [0.25, 0.3) is 0 Å². The van der Waals surface area contributed by atoms with Crippen molar-refractivity contribution < 1.29 is 23.7 Å². The van der Waals surface area contributed by atoms with Crippen LogP contribution in [0.25, 0.3) is 11.1 Å². The number of aliphatic hydroxyl groups is 1. The number of β-amino-alcohol motifs (C(OH)–C–C–N with tert-alkyl or cyclic N) is 1. The minimum Gasteiger partial charge on any atom is -0.391 e. The number of hydrogen-bond acceptors (Lipinski definition) is 7. The Bertz CT molecular complexity index is 1160. The summed E-state index contributed by atoms with van der Waals surface area (Å²) in [6.07, 6.45) is 1.04. The van der Waals surface area contributed by atoms with Crippen molar-refractivity contribution in [3.8, 4) is 11.1 Å². The van der Waals surface area contributed by atoms with Crippen LogP contribution >= 0.6 is 22.6 Å². The molecule has 2 amide bonds. The molecule has 1 saturated heterocycles. The molecule has 1 aliphatic heterocycles. The molecular formula is C24H27IN4O5. The van der Waals surface area contributed by atoms with Gasteiger partial charge in [0, 0.05) is 31.1 Å². The van der Waals surface area contributed by atoms with Crippen molar-refractivity contribution in [2.24, 2.45) is 5.92 Å². The van der Waals surface area contributed by atoms with Crippen LogP contribution in [0.3, 0.4) is 0 Å². The van der Waals surface area contributed by atoms with Crippen LogP contribution in [-0.4, -0.2) is 50.8 Å². The molecule has 0 radical (unpaired) electrons. The van der Waals surface area contributed by atoms with Gasteiger partial charge in [-0.1, -0.05) is 48.4 Å². The highest BCUT2D eigenvalue weighted by Gasteiger charge is 2.43. The molecular weight excluding hydrogens is 551 g/mol.